The fourth-order valence-corrected chi connectivity index (χ4v) is 2.40. The summed E-state index contributed by atoms with van der Waals surface area (Å²) in [5, 5.41) is 3.64. The quantitative estimate of drug-likeness (QED) is 0.840. The summed E-state index contributed by atoms with van der Waals surface area (Å²) in [5.41, 5.74) is 2.79. The summed E-state index contributed by atoms with van der Waals surface area (Å²) >= 11 is 0. The molecule has 0 aromatic heterocycles. The maximum Gasteiger partial charge on any atom is 0.122 e. The molecule has 0 saturated heterocycles. The van der Waals surface area contributed by atoms with E-state index in [4.69, 9.17) is 4.74 Å². The molecule has 1 aromatic rings. The molecule has 2 nitrogen and oxygen atoms in total. The Morgan fingerprint density at radius 2 is 2.00 bits per heavy atom. The van der Waals surface area contributed by atoms with E-state index >= 15 is 0 Å². The van der Waals surface area contributed by atoms with Gasteiger partial charge in [0.2, 0.25) is 0 Å². The lowest BCUT2D eigenvalue weighted by molar-refractivity contribution is 0.385. The molecule has 19 heavy (non-hydrogen) atoms. The zero-order valence-corrected chi connectivity index (χ0v) is 12.9. The van der Waals surface area contributed by atoms with Gasteiger partial charge in [-0.15, -0.1) is 0 Å². The van der Waals surface area contributed by atoms with Crippen molar-refractivity contribution < 1.29 is 4.74 Å². The first-order valence-corrected chi connectivity index (χ1v) is 7.36. The van der Waals surface area contributed by atoms with Gasteiger partial charge in [0.25, 0.3) is 0 Å². The second kappa shape index (κ2) is 5.54. The highest BCUT2D eigenvalue weighted by Gasteiger charge is 2.28. The molecule has 0 atom stereocenters. The molecular formula is C17H27NO. The molecule has 1 aliphatic carbocycles. The van der Waals surface area contributed by atoms with E-state index in [-0.39, 0.29) is 5.41 Å². The van der Waals surface area contributed by atoms with E-state index in [0.29, 0.717) is 5.92 Å². The second-order valence-corrected chi connectivity index (χ2v) is 6.65. The van der Waals surface area contributed by atoms with Crippen molar-refractivity contribution in [3.63, 3.8) is 0 Å². The third-order valence-electron chi connectivity index (χ3n) is 4.03. The Morgan fingerprint density at radius 1 is 1.32 bits per heavy atom. The SMILES string of the molecule is COc1ccc(C(C)C)cc1C(C)(C)CNC1CC1. The number of nitrogens with one attached hydrogen (secondary N) is 1. The van der Waals surface area contributed by atoms with Crippen molar-refractivity contribution >= 4 is 0 Å². The largest absolute Gasteiger partial charge is 0.496 e. The van der Waals surface area contributed by atoms with Crippen LogP contribution in [0.3, 0.4) is 0 Å². The number of rotatable bonds is 6. The van der Waals surface area contributed by atoms with Crippen molar-refractivity contribution in [2.75, 3.05) is 13.7 Å². The number of ether oxygens (including phenoxy) is 1. The van der Waals surface area contributed by atoms with Crippen LogP contribution in [0.5, 0.6) is 5.75 Å². The van der Waals surface area contributed by atoms with Crippen molar-refractivity contribution in [3.05, 3.63) is 29.3 Å². The molecule has 1 saturated carbocycles. The van der Waals surface area contributed by atoms with Gasteiger partial charge < -0.3 is 10.1 Å². The van der Waals surface area contributed by atoms with Crippen LogP contribution in [0, 0.1) is 0 Å². The minimum Gasteiger partial charge on any atom is -0.496 e. The molecule has 2 heteroatoms. The fourth-order valence-electron chi connectivity index (χ4n) is 2.40. The minimum atomic E-state index is 0.0961. The van der Waals surface area contributed by atoms with Gasteiger partial charge >= 0.3 is 0 Å². The van der Waals surface area contributed by atoms with Crippen LogP contribution in [0.15, 0.2) is 18.2 Å². The maximum absolute atomic E-state index is 5.56. The van der Waals surface area contributed by atoms with E-state index in [2.05, 4.69) is 51.2 Å². The van der Waals surface area contributed by atoms with E-state index in [9.17, 15) is 0 Å². The summed E-state index contributed by atoms with van der Waals surface area (Å²) in [7, 11) is 1.76. The second-order valence-electron chi connectivity index (χ2n) is 6.65. The minimum absolute atomic E-state index is 0.0961. The normalized spacial score (nSPS) is 15.9. The van der Waals surface area contributed by atoms with Gasteiger partial charge in [-0.2, -0.15) is 0 Å². The Balaban J connectivity index is 2.25. The Bertz CT molecular complexity index is 433. The predicted molar refractivity (Wildman–Crippen MR) is 81.1 cm³/mol. The predicted octanol–water partition coefficient (Wildman–Crippen LogP) is 3.85. The first-order valence-electron chi connectivity index (χ1n) is 7.36. The summed E-state index contributed by atoms with van der Waals surface area (Å²) < 4.78 is 5.56. The fraction of sp³-hybridized carbons (Fsp3) is 0.647. The number of methoxy groups -OCH3 is 1. The van der Waals surface area contributed by atoms with Crippen LogP contribution < -0.4 is 10.1 Å². The van der Waals surface area contributed by atoms with Crippen molar-refractivity contribution in [1.82, 2.24) is 5.32 Å². The van der Waals surface area contributed by atoms with Crippen molar-refractivity contribution in [2.24, 2.45) is 0 Å². The summed E-state index contributed by atoms with van der Waals surface area (Å²) in [4.78, 5) is 0. The van der Waals surface area contributed by atoms with Gasteiger partial charge in [-0.05, 0) is 30.4 Å². The smallest absolute Gasteiger partial charge is 0.122 e. The lowest BCUT2D eigenvalue weighted by Gasteiger charge is -2.28. The monoisotopic (exact) mass is 261 g/mol. The topological polar surface area (TPSA) is 21.3 Å². The molecule has 1 fully saturated rings. The van der Waals surface area contributed by atoms with Gasteiger partial charge in [-0.1, -0.05) is 39.8 Å². The van der Waals surface area contributed by atoms with Crippen LogP contribution in [-0.4, -0.2) is 19.7 Å². The first kappa shape index (κ1) is 14.4. The van der Waals surface area contributed by atoms with Gasteiger partial charge in [-0.25, -0.2) is 0 Å². The van der Waals surface area contributed by atoms with Crippen LogP contribution in [0.4, 0.5) is 0 Å². The molecule has 1 N–H and O–H groups in total. The van der Waals surface area contributed by atoms with E-state index in [1.807, 2.05) is 0 Å². The zero-order chi connectivity index (χ0) is 14.0. The van der Waals surface area contributed by atoms with E-state index < -0.39 is 0 Å². The maximum atomic E-state index is 5.56. The molecule has 0 bridgehead atoms. The zero-order valence-electron chi connectivity index (χ0n) is 12.9. The summed E-state index contributed by atoms with van der Waals surface area (Å²) in [5.74, 6) is 1.56. The van der Waals surface area contributed by atoms with Gasteiger partial charge in [0.15, 0.2) is 0 Å². The molecule has 106 valence electrons. The van der Waals surface area contributed by atoms with E-state index in [0.717, 1.165) is 18.3 Å². The van der Waals surface area contributed by atoms with Crippen LogP contribution in [0.2, 0.25) is 0 Å². The van der Waals surface area contributed by atoms with Crippen molar-refractivity contribution in [1.29, 1.82) is 0 Å². The van der Waals surface area contributed by atoms with E-state index in [1.54, 1.807) is 7.11 Å². The highest BCUT2D eigenvalue weighted by molar-refractivity contribution is 5.43. The molecule has 0 unspecified atom stereocenters. The Kier molecular flexibility index (Phi) is 4.19. The van der Waals surface area contributed by atoms with Gasteiger partial charge in [0, 0.05) is 23.6 Å². The first-order chi connectivity index (χ1) is 8.94. The summed E-state index contributed by atoms with van der Waals surface area (Å²) in [6.45, 7) is 10.1. The molecule has 1 aromatic carbocycles. The molecule has 0 radical (unpaired) electrons. The van der Waals surface area contributed by atoms with Crippen LogP contribution >= 0.6 is 0 Å². The lowest BCUT2D eigenvalue weighted by atomic mass is 9.82. The Hall–Kier alpha value is -1.02. The molecule has 0 amide bonds. The van der Waals surface area contributed by atoms with Crippen LogP contribution in [-0.2, 0) is 5.41 Å². The highest BCUT2D eigenvalue weighted by Crippen LogP contribution is 2.34. The average molecular weight is 261 g/mol. The number of hydrogen-bond acceptors (Lipinski definition) is 2. The standard InChI is InChI=1S/C17H27NO/c1-12(2)13-6-9-16(19-5)15(10-13)17(3,4)11-18-14-7-8-14/h6,9-10,12,14,18H,7-8,11H2,1-5H3. The van der Waals surface area contributed by atoms with Crippen molar-refractivity contribution in [3.8, 4) is 5.75 Å². The number of hydrogen-bond donors (Lipinski definition) is 1. The molecule has 0 aliphatic heterocycles. The molecule has 0 spiro atoms. The highest BCUT2D eigenvalue weighted by atomic mass is 16.5. The lowest BCUT2D eigenvalue weighted by Crippen LogP contribution is -2.34. The molecular weight excluding hydrogens is 234 g/mol. The average Bonchev–Trinajstić information content (AvgIpc) is 3.19. The third-order valence-corrected chi connectivity index (χ3v) is 4.03. The summed E-state index contributed by atoms with van der Waals surface area (Å²) in [6.07, 6.45) is 2.67. The Morgan fingerprint density at radius 3 is 2.53 bits per heavy atom. The van der Waals surface area contributed by atoms with Crippen molar-refractivity contribution in [2.45, 2.75) is 57.9 Å². The molecule has 0 heterocycles. The van der Waals surface area contributed by atoms with E-state index in [1.165, 1.54) is 24.0 Å². The summed E-state index contributed by atoms with van der Waals surface area (Å²) in [6, 6.07) is 7.36. The molecule has 1 aliphatic rings. The third kappa shape index (κ3) is 3.50. The van der Waals surface area contributed by atoms with Gasteiger partial charge in [0.1, 0.15) is 5.75 Å². The van der Waals surface area contributed by atoms with Crippen LogP contribution in [0.1, 0.15) is 57.6 Å². The molecule has 2 rings (SSSR count). The Labute approximate surface area is 117 Å². The van der Waals surface area contributed by atoms with Crippen LogP contribution in [0.25, 0.3) is 0 Å². The number of benzene rings is 1. The van der Waals surface area contributed by atoms with Gasteiger partial charge in [0.05, 0.1) is 7.11 Å². The van der Waals surface area contributed by atoms with Gasteiger partial charge in [-0.3, -0.25) is 0 Å².